The first-order chi connectivity index (χ1) is 8.68. The van der Waals surface area contributed by atoms with Crippen LogP contribution in [0.2, 0.25) is 0 Å². The van der Waals surface area contributed by atoms with E-state index in [1.807, 2.05) is 0 Å². The van der Waals surface area contributed by atoms with E-state index in [1.165, 1.54) is 32.2 Å². The zero-order valence-corrected chi connectivity index (χ0v) is 12.0. The molecule has 4 aliphatic carbocycles. The fraction of sp³-hybridized carbons (Fsp3) is 1.00. The van der Waals surface area contributed by atoms with Crippen molar-refractivity contribution < 1.29 is 0 Å². The Morgan fingerprint density at radius 1 is 0.944 bits per heavy atom. The van der Waals surface area contributed by atoms with Crippen LogP contribution < -0.4 is 5.32 Å². The van der Waals surface area contributed by atoms with Gasteiger partial charge in [0, 0.05) is 6.04 Å². The van der Waals surface area contributed by atoms with Crippen molar-refractivity contribution in [3.63, 3.8) is 0 Å². The summed E-state index contributed by atoms with van der Waals surface area (Å²) in [5, 5.41) is 3.96. The lowest BCUT2D eigenvalue weighted by Gasteiger charge is -2.63. The molecule has 18 heavy (non-hydrogen) atoms. The van der Waals surface area contributed by atoms with Gasteiger partial charge in [0.15, 0.2) is 0 Å². The predicted octanol–water partition coefficient (Wildman–Crippen LogP) is 4.13. The highest BCUT2D eigenvalue weighted by Crippen LogP contribution is 2.66. The Morgan fingerprint density at radius 2 is 1.72 bits per heavy atom. The first-order valence-corrected chi connectivity index (χ1v) is 8.41. The van der Waals surface area contributed by atoms with Crippen LogP contribution in [0.5, 0.6) is 0 Å². The molecule has 102 valence electrons. The van der Waals surface area contributed by atoms with Crippen LogP contribution in [0.3, 0.4) is 0 Å². The van der Waals surface area contributed by atoms with Gasteiger partial charge >= 0.3 is 0 Å². The fourth-order valence-corrected chi connectivity index (χ4v) is 6.76. The second-order valence-electron chi connectivity index (χ2n) is 8.49. The van der Waals surface area contributed by atoms with Gasteiger partial charge in [-0.05, 0) is 80.6 Å². The molecule has 5 aliphatic rings. The van der Waals surface area contributed by atoms with Gasteiger partial charge < -0.3 is 5.32 Å². The van der Waals surface area contributed by atoms with Gasteiger partial charge in [-0.25, -0.2) is 0 Å². The maximum atomic E-state index is 3.96. The Bertz CT molecular complexity index is 313. The quantitative estimate of drug-likeness (QED) is 0.735. The highest BCUT2D eigenvalue weighted by atomic mass is 14.9. The molecule has 1 aliphatic heterocycles. The molecule has 0 amide bonds. The lowest BCUT2D eigenvalue weighted by atomic mass is 9.43. The summed E-state index contributed by atoms with van der Waals surface area (Å²) in [5.41, 5.74) is 1.43. The molecule has 0 radical (unpaired) electrons. The molecule has 1 saturated heterocycles. The smallest absolute Gasteiger partial charge is 0.0124 e. The van der Waals surface area contributed by atoms with Gasteiger partial charge in [0.05, 0.1) is 0 Å². The maximum Gasteiger partial charge on any atom is 0.0124 e. The number of rotatable bonds is 1. The standard InChI is InChI=1S/C17H29N/c1-16-8-13-7-14(9-16)11-17(10-13,12-16)15-5-3-2-4-6-18-15/h13-15,18H,2-12H2,1H3. The van der Waals surface area contributed by atoms with E-state index in [2.05, 4.69) is 12.2 Å². The van der Waals surface area contributed by atoms with Crippen LogP contribution >= 0.6 is 0 Å². The van der Waals surface area contributed by atoms with E-state index < -0.39 is 0 Å². The fourth-order valence-electron chi connectivity index (χ4n) is 6.76. The highest BCUT2D eigenvalue weighted by Gasteiger charge is 2.57. The summed E-state index contributed by atoms with van der Waals surface area (Å²) in [4.78, 5) is 0. The van der Waals surface area contributed by atoms with E-state index in [0.717, 1.165) is 23.3 Å². The van der Waals surface area contributed by atoms with E-state index >= 15 is 0 Å². The summed E-state index contributed by atoms with van der Waals surface area (Å²) in [6, 6.07) is 0.866. The second kappa shape index (κ2) is 3.98. The minimum atomic E-state index is 0.711. The van der Waals surface area contributed by atoms with Crippen LogP contribution in [0.4, 0.5) is 0 Å². The van der Waals surface area contributed by atoms with Gasteiger partial charge in [0.25, 0.3) is 0 Å². The largest absolute Gasteiger partial charge is 0.313 e. The van der Waals surface area contributed by atoms with Crippen LogP contribution in [0.1, 0.15) is 71.1 Å². The van der Waals surface area contributed by atoms with E-state index in [-0.39, 0.29) is 0 Å². The molecule has 0 aromatic rings. The summed E-state index contributed by atoms with van der Waals surface area (Å²) >= 11 is 0. The van der Waals surface area contributed by atoms with Crippen LogP contribution in [0.15, 0.2) is 0 Å². The van der Waals surface area contributed by atoms with Gasteiger partial charge in [0.2, 0.25) is 0 Å². The van der Waals surface area contributed by atoms with Crippen LogP contribution in [-0.4, -0.2) is 12.6 Å². The molecule has 4 saturated carbocycles. The third-order valence-corrected chi connectivity index (χ3v) is 6.70. The second-order valence-corrected chi connectivity index (χ2v) is 8.49. The topological polar surface area (TPSA) is 12.0 Å². The summed E-state index contributed by atoms with van der Waals surface area (Å²) in [6.07, 6.45) is 15.2. The third-order valence-electron chi connectivity index (χ3n) is 6.70. The molecule has 4 bridgehead atoms. The lowest BCUT2D eigenvalue weighted by molar-refractivity contribution is -0.118. The van der Waals surface area contributed by atoms with Gasteiger partial charge in [-0.2, -0.15) is 0 Å². The molecule has 5 fully saturated rings. The number of hydrogen-bond donors (Lipinski definition) is 1. The third kappa shape index (κ3) is 1.77. The summed E-state index contributed by atoms with van der Waals surface area (Å²) in [7, 11) is 0. The first kappa shape index (κ1) is 11.8. The van der Waals surface area contributed by atoms with Crippen molar-refractivity contribution in [2.45, 2.75) is 77.2 Å². The molecular formula is C17H29N. The minimum Gasteiger partial charge on any atom is -0.313 e. The maximum absolute atomic E-state index is 3.96. The zero-order chi connectivity index (χ0) is 12.2. The van der Waals surface area contributed by atoms with Gasteiger partial charge in [-0.1, -0.05) is 19.8 Å². The number of hydrogen-bond acceptors (Lipinski definition) is 1. The molecule has 0 aromatic heterocycles. The molecule has 1 heterocycles. The Labute approximate surface area is 112 Å². The van der Waals surface area contributed by atoms with E-state index in [9.17, 15) is 0 Å². The zero-order valence-electron chi connectivity index (χ0n) is 12.0. The van der Waals surface area contributed by atoms with Crippen LogP contribution in [0, 0.1) is 22.7 Å². The molecule has 3 unspecified atom stereocenters. The Kier molecular flexibility index (Phi) is 2.60. The Hall–Kier alpha value is -0.0400. The molecule has 3 atom stereocenters. The SMILES string of the molecule is CC12CC3CC(C1)CC(C1CCCCCN1)(C3)C2. The molecule has 1 N–H and O–H groups in total. The molecule has 5 rings (SSSR count). The van der Waals surface area contributed by atoms with Crippen molar-refractivity contribution in [3.8, 4) is 0 Å². The van der Waals surface area contributed by atoms with E-state index in [4.69, 9.17) is 0 Å². The van der Waals surface area contributed by atoms with Crippen molar-refractivity contribution in [2.75, 3.05) is 6.54 Å². The van der Waals surface area contributed by atoms with Gasteiger partial charge in [-0.15, -0.1) is 0 Å². The summed E-state index contributed by atoms with van der Waals surface area (Å²) in [6.45, 7) is 3.90. The molecular weight excluding hydrogens is 218 g/mol. The molecule has 1 nitrogen and oxygen atoms in total. The summed E-state index contributed by atoms with van der Waals surface area (Å²) < 4.78 is 0. The van der Waals surface area contributed by atoms with Gasteiger partial charge in [-0.3, -0.25) is 0 Å². The Morgan fingerprint density at radius 3 is 2.44 bits per heavy atom. The normalized spacial score (nSPS) is 55.5. The molecule has 1 heteroatoms. The van der Waals surface area contributed by atoms with Crippen LogP contribution in [0.25, 0.3) is 0 Å². The monoisotopic (exact) mass is 247 g/mol. The molecule has 0 spiro atoms. The van der Waals surface area contributed by atoms with E-state index in [1.54, 1.807) is 38.5 Å². The average Bonchev–Trinajstić information content (AvgIpc) is 2.53. The summed E-state index contributed by atoms with van der Waals surface area (Å²) in [5.74, 6) is 2.17. The van der Waals surface area contributed by atoms with Crippen molar-refractivity contribution >= 4 is 0 Å². The van der Waals surface area contributed by atoms with E-state index in [0.29, 0.717) is 5.41 Å². The Balaban J connectivity index is 1.62. The molecule has 0 aromatic carbocycles. The minimum absolute atomic E-state index is 0.711. The lowest BCUT2D eigenvalue weighted by Crippen LogP contribution is -2.58. The van der Waals surface area contributed by atoms with Crippen molar-refractivity contribution in [2.24, 2.45) is 22.7 Å². The van der Waals surface area contributed by atoms with Crippen molar-refractivity contribution in [3.05, 3.63) is 0 Å². The number of nitrogens with one attached hydrogen (secondary N) is 1. The first-order valence-electron chi connectivity index (χ1n) is 8.41. The van der Waals surface area contributed by atoms with Crippen LogP contribution in [-0.2, 0) is 0 Å². The predicted molar refractivity (Wildman–Crippen MR) is 75.5 cm³/mol. The average molecular weight is 247 g/mol. The van der Waals surface area contributed by atoms with Gasteiger partial charge in [0.1, 0.15) is 0 Å². The van der Waals surface area contributed by atoms with Crippen molar-refractivity contribution in [1.82, 2.24) is 5.32 Å². The van der Waals surface area contributed by atoms with Crippen molar-refractivity contribution in [1.29, 1.82) is 0 Å². The highest BCUT2D eigenvalue weighted by molar-refractivity contribution is 5.10.